The first-order valence-corrected chi connectivity index (χ1v) is 11.7. The number of rotatable bonds is 12. The number of unbranched alkanes of at least 4 members (excludes halogenated alkanes) is 1. The molecule has 1 aliphatic heterocycles. The van der Waals surface area contributed by atoms with E-state index in [0.717, 1.165) is 43.0 Å². The van der Waals surface area contributed by atoms with E-state index in [4.69, 9.17) is 19.9 Å². The quantitative estimate of drug-likeness (QED) is 0.386. The molecular formula is C22H30FN5O5S. The van der Waals surface area contributed by atoms with E-state index in [1.807, 2.05) is 0 Å². The van der Waals surface area contributed by atoms with E-state index in [9.17, 15) is 14.0 Å². The van der Waals surface area contributed by atoms with Crippen molar-refractivity contribution in [2.45, 2.75) is 32.0 Å². The lowest BCUT2D eigenvalue weighted by Crippen LogP contribution is -2.30. The average Bonchev–Trinajstić information content (AvgIpc) is 3.42. The number of methoxy groups -OCH3 is 2. The number of nitrogens with two attached hydrogens (primary N) is 1. The minimum Gasteiger partial charge on any atom is -0.497 e. The van der Waals surface area contributed by atoms with Crippen molar-refractivity contribution in [1.29, 1.82) is 0 Å². The molecule has 2 aromatic rings. The maximum Gasteiger partial charge on any atom is 0.319 e. The lowest BCUT2D eigenvalue weighted by Gasteiger charge is -2.14. The van der Waals surface area contributed by atoms with E-state index in [-0.39, 0.29) is 23.1 Å². The number of hydrogen-bond acceptors (Lipinski definition) is 8. The third-order valence-electron chi connectivity index (χ3n) is 5.32. The zero-order valence-electron chi connectivity index (χ0n) is 19.3. The molecule has 1 atom stereocenters. The third-order valence-corrected chi connectivity index (χ3v) is 6.07. The molecule has 1 fully saturated rings. The van der Waals surface area contributed by atoms with Crippen molar-refractivity contribution in [2.24, 2.45) is 5.73 Å². The predicted molar refractivity (Wildman–Crippen MR) is 127 cm³/mol. The van der Waals surface area contributed by atoms with Crippen LogP contribution in [0.2, 0.25) is 0 Å². The van der Waals surface area contributed by atoms with Crippen LogP contribution in [0.4, 0.5) is 14.2 Å². The molecule has 0 bridgehead atoms. The Labute approximate surface area is 201 Å². The number of nitrogens with one attached hydrogen (secondary N) is 2. The summed E-state index contributed by atoms with van der Waals surface area (Å²) in [6.07, 6.45) is 1.48. The Morgan fingerprint density at radius 3 is 2.59 bits per heavy atom. The van der Waals surface area contributed by atoms with Gasteiger partial charge in [0.1, 0.15) is 34.8 Å². The number of urea groups is 1. The highest BCUT2D eigenvalue weighted by atomic mass is 32.1. The molecule has 0 spiro atoms. The number of benzene rings is 1. The number of carbonyl (C=O) groups is 2. The monoisotopic (exact) mass is 495 g/mol. The summed E-state index contributed by atoms with van der Waals surface area (Å²) in [5.41, 5.74) is 6.25. The summed E-state index contributed by atoms with van der Waals surface area (Å²) in [5, 5.41) is 5.55. The number of amides is 3. The highest BCUT2D eigenvalue weighted by Crippen LogP contribution is 2.31. The van der Waals surface area contributed by atoms with E-state index in [1.165, 1.54) is 0 Å². The first kappa shape index (κ1) is 25.5. The van der Waals surface area contributed by atoms with Crippen LogP contribution in [-0.2, 0) is 6.61 Å². The summed E-state index contributed by atoms with van der Waals surface area (Å²) in [4.78, 5) is 26.4. The van der Waals surface area contributed by atoms with Crippen molar-refractivity contribution in [2.75, 3.05) is 45.7 Å². The van der Waals surface area contributed by atoms with Gasteiger partial charge < -0.3 is 30.2 Å². The van der Waals surface area contributed by atoms with Crippen LogP contribution in [0.15, 0.2) is 18.2 Å². The summed E-state index contributed by atoms with van der Waals surface area (Å²) < 4.78 is 33.5. The minimum absolute atomic E-state index is 0.00446. The summed E-state index contributed by atoms with van der Waals surface area (Å²) in [7, 11) is 3.09. The summed E-state index contributed by atoms with van der Waals surface area (Å²) in [6, 6.07) is 4.80. The summed E-state index contributed by atoms with van der Waals surface area (Å²) in [5.74, 6) is 0.459. The summed E-state index contributed by atoms with van der Waals surface area (Å²) in [6.45, 7) is 2.62. The van der Waals surface area contributed by atoms with Gasteiger partial charge in [0.25, 0.3) is 5.91 Å². The van der Waals surface area contributed by atoms with Gasteiger partial charge in [-0.05, 0) is 55.0 Å². The molecule has 0 saturated carbocycles. The lowest BCUT2D eigenvalue weighted by molar-refractivity contribution is 0.0996. The Morgan fingerprint density at radius 2 is 1.97 bits per heavy atom. The molecule has 3 rings (SSSR count). The molecular weight excluding hydrogens is 465 g/mol. The molecule has 186 valence electrons. The zero-order valence-corrected chi connectivity index (χ0v) is 20.1. The fraction of sp³-hybridized carbons (Fsp3) is 0.500. The largest absolute Gasteiger partial charge is 0.497 e. The smallest absolute Gasteiger partial charge is 0.319 e. The zero-order chi connectivity index (χ0) is 24.5. The Morgan fingerprint density at radius 1 is 1.24 bits per heavy atom. The van der Waals surface area contributed by atoms with Gasteiger partial charge in [-0.2, -0.15) is 4.37 Å². The van der Waals surface area contributed by atoms with Crippen molar-refractivity contribution < 1.29 is 28.2 Å². The van der Waals surface area contributed by atoms with Crippen molar-refractivity contribution in [3.05, 3.63) is 29.3 Å². The van der Waals surface area contributed by atoms with Gasteiger partial charge in [0.05, 0.1) is 14.2 Å². The third kappa shape index (κ3) is 7.19. The standard InChI is InChI=1S/C22H30FN5O5S/c1-31-16-9-14(10-17(11-16)32-2)13-33-20-18(19(24)29)21(34-27-20)26-22(30)25-6-3-4-7-28-8-5-15(23)12-28/h9-11,15H,3-8,12-13H2,1-2H3,(H2,24,29)(H2,25,26,30)/t15-/m1/s1. The van der Waals surface area contributed by atoms with E-state index in [0.29, 0.717) is 31.0 Å². The number of anilines is 1. The summed E-state index contributed by atoms with van der Waals surface area (Å²) >= 11 is 0.905. The second kappa shape index (κ2) is 12.4. The Bertz CT molecular complexity index is 966. The number of nitrogens with zero attached hydrogens (tertiary/aromatic N) is 2. The molecule has 1 aliphatic rings. The van der Waals surface area contributed by atoms with Crippen molar-refractivity contribution in [1.82, 2.24) is 14.6 Å². The predicted octanol–water partition coefficient (Wildman–Crippen LogP) is 2.78. The highest BCUT2D eigenvalue weighted by Gasteiger charge is 2.23. The molecule has 0 aliphatic carbocycles. The lowest BCUT2D eigenvalue weighted by atomic mass is 10.2. The minimum atomic E-state index is -0.765. The van der Waals surface area contributed by atoms with Crippen LogP contribution in [0, 0.1) is 0 Å². The number of primary amides is 1. The van der Waals surface area contributed by atoms with E-state index in [2.05, 4.69) is 19.9 Å². The van der Waals surface area contributed by atoms with Gasteiger partial charge in [0, 0.05) is 25.7 Å². The van der Waals surface area contributed by atoms with Gasteiger partial charge in [-0.3, -0.25) is 10.1 Å². The van der Waals surface area contributed by atoms with Crippen LogP contribution in [-0.4, -0.2) is 67.8 Å². The van der Waals surface area contributed by atoms with Crippen LogP contribution in [0.5, 0.6) is 17.4 Å². The maximum atomic E-state index is 13.2. The van der Waals surface area contributed by atoms with Crippen molar-refractivity contribution >= 4 is 28.5 Å². The molecule has 0 unspecified atom stereocenters. The average molecular weight is 496 g/mol. The molecule has 3 amide bonds. The van der Waals surface area contributed by atoms with E-state index in [1.54, 1.807) is 32.4 Å². The molecule has 10 nitrogen and oxygen atoms in total. The Kier molecular flexibility index (Phi) is 9.28. The second-order valence-electron chi connectivity index (χ2n) is 7.84. The highest BCUT2D eigenvalue weighted by molar-refractivity contribution is 7.11. The first-order chi connectivity index (χ1) is 16.4. The number of carbonyl (C=O) groups excluding carboxylic acids is 2. The SMILES string of the molecule is COc1cc(COc2nsc(NC(=O)NCCCCN3CC[C@@H](F)C3)c2C(N)=O)cc(OC)c1. The molecule has 34 heavy (non-hydrogen) atoms. The van der Waals surface area contributed by atoms with Gasteiger partial charge in [-0.1, -0.05) is 0 Å². The Hall–Kier alpha value is -3.12. The van der Waals surface area contributed by atoms with Crippen molar-refractivity contribution in [3.8, 4) is 17.4 Å². The number of ether oxygens (including phenoxy) is 3. The van der Waals surface area contributed by atoms with Crippen LogP contribution in [0.1, 0.15) is 35.2 Å². The van der Waals surface area contributed by atoms with Crippen LogP contribution in [0.3, 0.4) is 0 Å². The number of aromatic nitrogens is 1. The molecule has 2 heterocycles. The Balaban J connectivity index is 1.50. The molecule has 4 N–H and O–H groups in total. The van der Waals surface area contributed by atoms with E-state index >= 15 is 0 Å². The fourth-order valence-corrected chi connectivity index (χ4v) is 4.31. The topological polar surface area (TPSA) is 128 Å². The van der Waals surface area contributed by atoms with Gasteiger partial charge in [-0.25, -0.2) is 9.18 Å². The number of alkyl halides is 1. The number of hydrogen-bond donors (Lipinski definition) is 3. The molecule has 0 radical (unpaired) electrons. The van der Waals surface area contributed by atoms with Crippen molar-refractivity contribution in [3.63, 3.8) is 0 Å². The maximum absolute atomic E-state index is 13.2. The van der Waals surface area contributed by atoms with Crippen LogP contribution >= 0.6 is 11.5 Å². The molecule has 1 aromatic heterocycles. The fourth-order valence-electron chi connectivity index (χ4n) is 3.58. The van der Waals surface area contributed by atoms with Crippen LogP contribution in [0.25, 0.3) is 0 Å². The number of halogens is 1. The first-order valence-electron chi connectivity index (χ1n) is 10.9. The molecule has 12 heteroatoms. The van der Waals surface area contributed by atoms with Gasteiger partial charge in [-0.15, -0.1) is 0 Å². The molecule has 1 saturated heterocycles. The number of likely N-dealkylation sites (tertiary alicyclic amines) is 1. The van der Waals surface area contributed by atoms with Gasteiger partial charge in [0.15, 0.2) is 0 Å². The van der Waals surface area contributed by atoms with Gasteiger partial charge >= 0.3 is 6.03 Å². The van der Waals surface area contributed by atoms with Crippen LogP contribution < -0.4 is 30.6 Å². The van der Waals surface area contributed by atoms with E-state index < -0.39 is 18.1 Å². The normalized spacial score (nSPS) is 15.7. The second-order valence-corrected chi connectivity index (χ2v) is 8.61. The molecule has 1 aromatic carbocycles. The van der Waals surface area contributed by atoms with Gasteiger partial charge in [0.2, 0.25) is 5.88 Å².